The fraction of sp³-hybridized carbons (Fsp3) is 0.200. The highest BCUT2D eigenvalue weighted by Gasteiger charge is 2.10. The van der Waals surface area contributed by atoms with Gasteiger partial charge in [-0.15, -0.1) is 0 Å². The fourth-order valence-corrected chi connectivity index (χ4v) is 2.88. The lowest BCUT2D eigenvalue weighted by Crippen LogP contribution is -2.19. The summed E-state index contributed by atoms with van der Waals surface area (Å²) in [4.78, 5) is 6.51. The van der Waals surface area contributed by atoms with E-state index >= 15 is 0 Å². The Morgan fingerprint density at radius 3 is 2.73 bits per heavy atom. The minimum Gasteiger partial charge on any atom is -0.423 e. The molecule has 5 nitrogen and oxygen atoms in total. The van der Waals surface area contributed by atoms with E-state index < -0.39 is 0 Å². The molecule has 2 aromatic carbocycles. The van der Waals surface area contributed by atoms with Gasteiger partial charge in [0.2, 0.25) is 0 Å². The van der Waals surface area contributed by atoms with Crippen molar-refractivity contribution in [3.63, 3.8) is 0 Å². The molecule has 0 aliphatic carbocycles. The average Bonchev–Trinajstić information content (AvgIpc) is 3.29. The van der Waals surface area contributed by atoms with Gasteiger partial charge in [0.15, 0.2) is 5.58 Å². The summed E-state index contributed by atoms with van der Waals surface area (Å²) in [6.45, 7) is 0.817. The van der Waals surface area contributed by atoms with Crippen LogP contribution in [0, 0.1) is 5.82 Å². The maximum atomic E-state index is 13.0. The lowest BCUT2D eigenvalue weighted by Gasteiger charge is -2.13. The van der Waals surface area contributed by atoms with Gasteiger partial charge in [-0.1, -0.05) is 12.1 Å². The van der Waals surface area contributed by atoms with Crippen LogP contribution in [0.3, 0.4) is 0 Å². The summed E-state index contributed by atoms with van der Waals surface area (Å²) in [6.07, 6.45) is 1.79. The van der Waals surface area contributed by atoms with Gasteiger partial charge in [0.1, 0.15) is 11.3 Å². The van der Waals surface area contributed by atoms with Gasteiger partial charge in [-0.05, 0) is 55.3 Å². The van der Waals surface area contributed by atoms with Gasteiger partial charge >= 0.3 is 0 Å². The number of hydrogen-bond acceptors (Lipinski definition) is 4. The SMILES string of the molecule is CN(CCCc1cc(-c2ccc(F)cc2)n[nH]1)c1nc2ccccc2o1. The van der Waals surface area contributed by atoms with Crippen LogP contribution < -0.4 is 4.90 Å². The Labute approximate surface area is 150 Å². The van der Waals surface area contributed by atoms with Gasteiger partial charge in [-0.25, -0.2) is 4.39 Å². The fourth-order valence-electron chi connectivity index (χ4n) is 2.88. The van der Waals surface area contributed by atoms with E-state index in [4.69, 9.17) is 4.42 Å². The third-order valence-corrected chi connectivity index (χ3v) is 4.32. The molecule has 1 N–H and O–H groups in total. The summed E-state index contributed by atoms with van der Waals surface area (Å²) in [7, 11) is 1.97. The van der Waals surface area contributed by atoms with Gasteiger partial charge in [0, 0.05) is 24.8 Å². The molecule has 0 unspecified atom stereocenters. The van der Waals surface area contributed by atoms with E-state index in [-0.39, 0.29) is 5.82 Å². The Morgan fingerprint density at radius 2 is 1.92 bits per heavy atom. The number of fused-ring (bicyclic) bond motifs is 1. The molecular formula is C20H19FN4O. The largest absolute Gasteiger partial charge is 0.423 e. The number of nitrogens with zero attached hydrogens (tertiary/aromatic N) is 3. The summed E-state index contributed by atoms with van der Waals surface area (Å²) >= 11 is 0. The van der Waals surface area contributed by atoms with E-state index in [0.717, 1.165) is 47.4 Å². The molecule has 6 heteroatoms. The average molecular weight is 350 g/mol. The highest BCUT2D eigenvalue weighted by Crippen LogP contribution is 2.21. The number of H-pyrrole nitrogens is 1. The number of benzene rings is 2. The van der Waals surface area contributed by atoms with Crippen molar-refractivity contribution in [2.24, 2.45) is 0 Å². The van der Waals surface area contributed by atoms with Gasteiger partial charge in [0.05, 0.1) is 5.69 Å². The number of aromatic amines is 1. The Hall–Kier alpha value is -3.15. The van der Waals surface area contributed by atoms with Crippen LogP contribution in [-0.2, 0) is 6.42 Å². The Bertz CT molecular complexity index is 973. The number of aromatic nitrogens is 3. The molecule has 132 valence electrons. The number of para-hydroxylation sites is 2. The number of aryl methyl sites for hydroxylation is 1. The van der Waals surface area contributed by atoms with E-state index in [2.05, 4.69) is 15.2 Å². The molecule has 0 fully saturated rings. The van der Waals surface area contributed by atoms with Gasteiger partial charge in [-0.2, -0.15) is 10.1 Å². The summed E-state index contributed by atoms with van der Waals surface area (Å²) < 4.78 is 18.8. The molecule has 0 amide bonds. The van der Waals surface area contributed by atoms with Crippen LogP contribution >= 0.6 is 0 Å². The minimum absolute atomic E-state index is 0.244. The van der Waals surface area contributed by atoms with Crippen molar-refractivity contribution < 1.29 is 8.81 Å². The molecule has 0 saturated carbocycles. The van der Waals surface area contributed by atoms with Crippen molar-refractivity contribution in [1.82, 2.24) is 15.2 Å². The molecule has 4 rings (SSSR count). The third-order valence-electron chi connectivity index (χ3n) is 4.32. The Kier molecular flexibility index (Phi) is 4.39. The quantitative estimate of drug-likeness (QED) is 0.559. The molecule has 0 aliphatic rings. The standard InChI is InChI=1S/C20H19FN4O/c1-25(20-22-17-6-2-3-7-19(17)26-20)12-4-5-16-13-18(24-23-16)14-8-10-15(21)11-9-14/h2-3,6-11,13H,4-5,12H2,1H3,(H,23,24). The molecule has 2 heterocycles. The predicted molar refractivity (Wildman–Crippen MR) is 99.6 cm³/mol. The maximum absolute atomic E-state index is 13.0. The molecule has 4 aromatic rings. The van der Waals surface area contributed by atoms with E-state index in [1.165, 1.54) is 12.1 Å². The van der Waals surface area contributed by atoms with E-state index in [1.807, 2.05) is 42.3 Å². The van der Waals surface area contributed by atoms with Crippen LogP contribution in [0.25, 0.3) is 22.4 Å². The van der Waals surface area contributed by atoms with Crippen LogP contribution in [0.1, 0.15) is 12.1 Å². The van der Waals surface area contributed by atoms with Gasteiger partial charge < -0.3 is 9.32 Å². The number of nitrogens with one attached hydrogen (secondary N) is 1. The molecule has 0 spiro atoms. The third kappa shape index (κ3) is 3.44. The first-order valence-corrected chi connectivity index (χ1v) is 8.56. The lowest BCUT2D eigenvalue weighted by atomic mass is 10.1. The molecule has 0 saturated heterocycles. The Balaban J connectivity index is 1.35. The number of anilines is 1. The van der Waals surface area contributed by atoms with E-state index in [1.54, 1.807) is 12.1 Å². The van der Waals surface area contributed by atoms with Crippen LogP contribution in [0.4, 0.5) is 10.4 Å². The zero-order valence-corrected chi connectivity index (χ0v) is 14.4. The smallest absolute Gasteiger partial charge is 0.298 e. The van der Waals surface area contributed by atoms with Crippen LogP contribution in [0.2, 0.25) is 0 Å². The van der Waals surface area contributed by atoms with Crippen LogP contribution in [0.5, 0.6) is 0 Å². The highest BCUT2D eigenvalue weighted by molar-refractivity contribution is 5.74. The number of oxazole rings is 1. The van der Waals surface area contributed by atoms with Crippen molar-refractivity contribution in [3.05, 3.63) is 66.1 Å². The second-order valence-corrected chi connectivity index (χ2v) is 6.27. The van der Waals surface area contributed by atoms with E-state index in [0.29, 0.717) is 6.01 Å². The van der Waals surface area contributed by atoms with Gasteiger partial charge in [-0.3, -0.25) is 5.10 Å². The van der Waals surface area contributed by atoms with Crippen LogP contribution in [-0.4, -0.2) is 28.8 Å². The van der Waals surface area contributed by atoms with Crippen molar-refractivity contribution in [2.45, 2.75) is 12.8 Å². The predicted octanol–water partition coefficient (Wildman–Crippen LogP) is 4.43. The molecule has 0 bridgehead atoms. The number of rotatable bonds is 6. The molecule has 0 radical (unpaired) electrons. The molecule has 26 heavy (non-hydrogen) atoms. The molecule has 2 aromatic heterocycles. The molecule has 0 atom stereocenters. The molecule has 0 aliphatic heterocycles. The lowest BCUT2D eigenvalue weighted by molar-refractivity contribution is 0.577. The second-order valence-electron chi connectivity index (χ2n) is 6.27. The monoisotopic (exact) mass is 350 g/mol. The maximum Gasteiger partial charge on any atom is 0.298 e. The Morgan fingerprint density at radius 1 is 1.12 bits per heavy atom. The van der Waals surface area contributed by atoms with Crippen LogP contribution in [0.15, 0.2) is 59.0 Å². The topological polar surface area (TPSA) is 58.0 Å². The molecular weight excluding hydrogens is 331 g/mol. The number of hydrogen-bond donors (Lipinski definition) is 1. The first-order valence-electron chi connectivity index (χ1n) is 8.56. The van der Waals surface area contributed by atoms with Crippen molar-refractivity contribution in [3.8, 4) is 11.3 Å². The normalized spacial score (nSPS) is 11.2. The second kappa shape index (κ2) is 7.00. The minimum atomic E-state index is -0.244. The number of halogens is 1. The summed E-state index contributed by atoms with van der Waals surface area (Å²) in [6, 6.07) is 16.7. The van der Waals surface area contributed by atoms with Gasteiger partial charge in [0.25, 0.3) is 6.01 Å². The summed E-state index contributed by atoms with van der Waals surface area (Å²) in [5, 5.41) is 7.36. The first-order chi connectivity index (χ1) is 12.7. The van der Waals surface area contributed by atoms with Crippen molar-refractivity contribution >= 4 is 17.1 Å². The van der Waals surface area contributed by atoms with Crippen molar-refractivity contribution in [1.29, 1.82) is 0 Å². The van der Waals surface area contributed by atoms with E-state index in [9.17, 15) is 4.39 Å². The summed E-state index contributed by atoms with van der Waals surface area (Å²) in [5.74, 6) is -0.244. The zero-order valence-electron chi connectivity index (χ0n) is 14.4. The first kappa shape index (κ1) is 16.3. The van der Waals surface area contributed by atoms with Crippen molar-refractivity contribution in [2.75, 3.05) is 18.5 Å². The summed E-state index contributed by atoms with van der Waals surface area (Å²) in [5.41, 5.74) is 4.44. The zero-order chi connectivity index (χ0) is 17.9. The highest BCUT2D eigenvalue weighted by atomic mass is 19.1.